The third-order valence-electron chi connectivity index (χ3n) is 2.09. The number of carboxylic acids is 1. The minimum Gasteiger partial charge on any atom is -0.481 e. The zero-order valence-corrected chi connectivity index (χ0v) is 10.2. The molecule has 0 rings (SSSR count). The van der Waals surface area contributed by atoms with Crippen LogP contribution in [0.2, 0.25) is 0 Å². The van der Waals surface area contributed by atoms with Gasteiger partial charge < -0.3 is 15.2 Å². The van der Waals surface area contributed by atoms with Crippen LogP contribution in [0.5, 0.6) is 0 Å². The molecule has 94 valence electrons. The normalized spacial score (nSPS) is 14.2. The largest absolute Gasteiger partial charge is 0.481 e. The number of carbonyl (C=O) groups is 2. The van der Waals surface area contributed by atoms with E-state index in [1.807, 2.05) is 13.8 Å². The second-order valence-corrected chi connectivity index (χ2v) is 3.98. The highest BCUT2D eigenvalue weighted by molar-refractivity contribution is 5.77. The van der Waals surface area contributed by atoms with Crippen molar-refractivity contribution < 1.29 is 19.4 Å². The first-order chi connectivity index (χ1) is 7.45. The molecule has 0 aliphatic heterocycles. The molecule has 0 spiro atoms. The fraction of sp³-hybridized carbons (Fsp3) is 0.818. The van der Waals surface area contributed by atoms with Crippen molar-refractivity contribution in [3.05, 3.63) is 0 Å². The second-order valence-electron chi connectivity index (χ2n) is 3.98. The molecule has 16 heavy (non-hydrogen) atoms. The first kappa shape index (κ1) is 14.9. The van der Waals surface area contributed by atoms with Gasteiger partial charge in [0.2, 0.25) is 5.91 Å². The molecule has 0 bridgehead atoms. The molecule has 0 radical (unpaired) electrons. The molecule has 2 N–H and O–H groups in total. The Morgan fingerprint density at radius 1 is 1.31 bits per heavy atom. The van der Waals surface area contributed by atoms with Crippen LogP contribution in [-0.2, 0) is 14.3 Å². The zero-order chi connectivity index (χ0) is 12.6. The Morgan fingerprint density at radius 2 is 1.94 bits per heavy atom. The summed E-state index contributed by atoms with van der Waals surface area (Å²) in [6.45, 7) is 6.61. The fourth-order valence-electron chi connectivity index (χ4n) is 1.36. The van der Waals surface area contributed by atoms with Gasteiger partial charge in [-0.05, 0) is 19.8 Å². The van der Waals surface area contributed by atoms with E-state index in [0.717, 1.165) is 0 Å². The molecule has 0 heterocycles. The minimum absolute atomic E-state index is 0.0104. The molecule has 0 fully saturated rings. The summed E-state index contributed by atoms with van der Waals surface area (Å²) in [7, 11) is 0. The topological polar surface area (TPSA) is 75.6 Å². The molecule has 0 saturated carbocycles. The summed E-state index contributed by atoms with van der Waals surface area (Å²) in [4.78, 5) is 21.8. The molecule has 5 nitrogen and oxygen atoms in total. The van der Waals surface area contributed by atoms with Crippen molar-refractivity contribution in [2.24, 2.45) is 5.92 Å². The third-order valence-corrected chi connectivity index (χ3v) is 2.09. The number of amides is 1. The smallest absolute Gasteiger partial charge is 0.303 e. The maximum absolute atomic E-state index is 11.4. The minimum atomic E-state index is -0.872. The molecular weight excluding hydrogens is 210 g/mol. The summed E-state index contributed by atoms with van der Waals surface area (Å²) in [5, 5.41) is 11.2. The summed E-state index contributed by atoms with van der Waals surface area (Å²) >= 11 is 0. The zero-order valence-electron chi connectivity index (χ0n) is 10.2. The van der Waals surface area contributed by atoms with Crippen molar-refractivity contribution in [2.45, 2.75) is 39.7 Å². The molecule has 0 aromatic heterocycles. The van der Waals surface area contributed by atoms with E-state index < -0.39 is 5.97 Å². The highest BCUT2D eigenvalue weighted by Gasteiger charge is 2.13. The van der Waals surface area contributed by atoms with Crippen LogP contribution in [0.1, 0.15) is 33.6 Å². The van der Waals surface area contributed by atoms with Gasteiger partial charge in [0, 0.05) is 26.0 Å². The van der Waals surface area contributed by atoms with Gasteiger partial charge in [0.25, 0.3) is 0 Å². The Balaban J connectivity index is 3.69. The average molecular weight is 231 g/mol. The first-order valence-corrected chi connectivity index (χ1v) is 5.55. The van der Waals surface area contributed by atoms with Crippen molar-refractivity contribution >= 4 is 11.9 Å². The van der Waals surface area contributed by atoms with Crippen LogP contribution in [0.4, 0.5) is 0 Å². The quantitative estimate of drug-likeness (QED) is 0.654. The molecule has 0 saturated heterocycles. The summed E-state index contributed by atoms with van der Waals surface area (Å²) < 4.78 is 5.25. The summed E-state index contributed by atoms with van der Waals surface area (Å²) in [5.41, 5.74) is 0. The molecule has 0 aliphatic rings. The number of carboxylic acid groups (broad SMARTS) is 1. The van der Waals surface area contributed by atoms with E-state index >= 15 is 0 Å². The maximum atomic E-state index is 11.4. The van der Waals surface area contributed by atoms with Crippen molar-refractivity contribution in [2.75, 3.05) is 13.2 Å². The van der Waals surface area contributed by atoms with Gasteiger partial charge in [-0.1, -0.05) is 6.92 Å². The van der Waals surface area contributed by atoms with Crippen LogP contribution < -0.4 is 5.32 Å². The number of nitrogens with one attached hydrogen (secondary N) is 1. The molecule has 0 aromatic rings. The Hall–Kier alpha value is -1.10. The lowest BCUT2D eigenvalue weighted by Gasteiger charge is -2.14. The van der Waals surface area contributed by atoms with E-state index in [1.54, 1.807) is 6.92 Å². The molecule has 0 aliphatic carbocycles. The van der Waals surface area contributed by atoms with Crippen LogP contribution >= 0.6 is 0 Å². The maximum Gasteiger partial charge on any atom is 0.303 e. The van der Waals surface area contributed by atoms with E-state index in [4.69, 9.17) is 9.84 Å². The fourth-order valence-corrected chi connectivity index (χ4v) is 1.36. The molecule has 2 unspecified atom stereocenters. The summed E-state index contributed by atoms with van der Waals surface area (Å²) in [5.74, 6) is -1.14. The second kappa shape index (κ2) is 8.10. The Bertz CT molecular complexity index is 230. The van der Waals surface area contributed by atoms with Gasteiger partial charge in [-0.15, -0.1) is 0 Å². The first-order valence-electron chi connectivity index (χ1n) is 5.55. The van der Waals surface area contributed by atoms with E-state index in [2.05, 4.69) is 5.32 Å². The predicted octanol–water partition coefficient (Wildman–Crippen LogP) is 1.03. The van der Waals surface area contributed by atoms with E-state index in [0.29, 0.717) is 13.2 Å². The van der Waals surface area contributed by atoms with Gasteiger partial charge in [0.05, 0.1) is 6.10 Å². The van der Waals surface area contributed by atoms with Crippen molar-refractivity contribution in [3.8, 4) is 0 Å². The number of ether oxygens (including phenoxy) is 1. The standard InChI is InChI=1S/C11H21NO4/c1-4-16-9(3)7-12-10(13)5-8(2)6-11(14)15/h8-9H,4-7H2,1-3H3,(H,12,13)(H,14,15). The lowest BCUT2D eigenvalue weighted by atomic mass is 10.0. The third kappa shape index (κ3) is 8.23. The monoisotopic (exact) mass is 231 g/mol. The van der Waals surface area contributed by atoms with Gasteiger partial charge in [-0.2, -0.15) is 0 Å². The summed E-state index contributed by atoms with van der Waals surface area (Å²) in [6.07, 6.45) is 0.253. The van der Waals surface area contributed by atoms with E-state index in [9.17, 15) is 9.59 Å². The van der Waals surface area contributed by atoms with Crippen LogP contribution in [0.15, 0.2) is 0 Å². The molecule has 2 atom stereocenters. The Morgan fingerprint density at radius 3 is 2.44 bits per heavy atom. The van der Waals surface area contributed by atoms with Crippen LogP contribution in [0.3, 0.4) is 0 Å². The van der Waals surface area contributed by atoms with Crippen molar-refractivity contribution in [3.63, 3.8) is 0 Å². The number of hydrogen-bond donors (Lipinski definition) is 2. The molecule has 0 aromatic carbocycles. The van der Waals surface area contributed by atoms with Crippen LogP contribution in [-0.4, -0.2) is 36.2 Å². The number of aliphatic carboxylic acids is 1. The van der Waals surface area contributed by atoms with Crippen molar-refractivity contribution in [1.82, 2.24) is 5.32 Å². The van der Waals surface area contributed by atoms with E-state index in [1.165, 1.54) is 0 Å². The average Bonchev–Trinajstić information content (AvgIpc) is 2.13. The number of rotatable bonds is 8. The molecular formula is C11H21NO4. The van der Waals surface area contributed by atoms with Gasteiger partial charge in [0.15, 0.2) is 0 Å². The van der Waals surface area contributed by atoms with Gasteiger partial charge in [-0.25, -0.2) is 0 Å². The van der Waals surface area contributed by atoms with E-state index in [-0.39, 0.29) is 30.8 Å². The van der Waals surface area contributed by atoms with Crippen molar-refractivity contribution in [1.29, 1.82) is 0 Å². The number of carbonyl (C=O) groups excluding carboxylic acids is 1. The lowest BCUT2D eigenvalue weighted by Crippen LogP contribution is -2.33. The van der Waals surface area contributed by atoms with Gasteiger partial charge in [0.1, 0.15) is 0 Å². The summed E-state index contributed by atoms with van der Waals surface area (Å²) in [6, 6.07) is 0. The Kier molecular flexibility index (Phi) is 7.54. The lowest BCUT2D eigenvalue weighted by molar-refractivity contribution is -0.138. The van der Waals surface area contributed by atoms with Gasteiger partial charge >= 0.3 is 5.97 Å². The van der Waals surface area contributed by atoms with Gasteiger partial charge in [-0.3, -0.25) is 9.59 Å². The SMILES string of the molecule is CCOC(C)CNC(=O)CC(C)CC(=O)O. The van der Waals surface area contributed by atoms with Crippen LogP contribution in [0.25, 0.3) is 0 Å². The highest BCUT2D eigenvalue weighted by atomic mass is 16.5. The molecule has 5 heteroatoms. The predicted molar refractivity (Wildman–Crippen MR) is 60.1 cm³/mol. The highest BCUT2D eigenvalue weighted by Crippen LogP contribution is 2.06. The van der Waals surface area contributed by atoms with Crippen LogP contribution in [0, 0.1) is 5.92 Å². The molecule has 1 amide bonds. The number of hydrogen-bond acceptors (Lipinski definition) is 3. The Labute approximate surface area is 96.2 Å².